The van der Waals surface area contributed by atoms with Crippen LogP contribution >= 0.6 is 22.7 Å². The molecule has 0 aliphatic heterocycles. The SMILES string of the molecule is N#Cc1ccc(-c2cc(-n3c4ccccc4c4cc5sc6ccccc6c5cc43)c(C#N)c(-n3c4ccccc4c4cc5sc6ccccc6c5cc43)c2)c(C(F)(F)F)c1. The molecule has 0 saturated carbocycles. The van der Waals surface area contributed by atoms with Crippen molar-refractivity contribution in [3.8, 4) is 34.6 Å². The second-order valence-electron chi connectivity index (χ2n) is 15.0. The van der Waals surface area contributed by atoms with Crippen molar-refractivity contribution in [2.45, 2.75) is 6.18 Å². The van der Waals surface area contributed by atoms with Crippen molar-refractivity contribution < 1.29 is 13.2 Å². The number of hydrogen-bond acceptors (Lipinski definition) is 4. The van der Waals surface area contributed by atoms with Crippen molar-refractivity contribution in [3.05, 3.63) is 168 Å². The zero-order valence-electron chi connectivity index (χ0n) is 31.2. The predicted molar refractivity (Wildman–Crippen MR) is 241 cm³/mol. The minimum atomic E-state index is -4.77. The van der Waals surface area contributed by atoms with Gasteiger partial charge in [0.1, 0.15) is 11.6 Å². The number of alkyl halides is 3. The largest absolute Gasteiger partial charge is 0.417 e. The monoisotopic (exact) mass is 814 g/mol. The van der Waals surface area contributed by atoms with Gasteiger partial charge in [-0.1, -0.05) is 78.9 Å². The van der Waals surface area contributed by atoms with Gasteiger partial charge in [-0.2, -0.15) is 23.7 Å². The average molecular weight is 815 g/mol. The third kappa shape index (κ3) is 4.88. The number of fused-ring (bicyclic) bond motifs is 12. The molecule has 0 aliphatic rings. The standard InChI is InChI=1S/C51H25F3N4S2/c52-51(53,54)40-19-28(26-55)17-18-30(40)29-20-43(57-41-13-5-1-9-31(41)35-24-49-37(22-45(35)57)33-11-3-7-15-47(33)59-49)39(27-56)44(21-29)58-42-14-6-2-10-32(42)36-25-50-38(23-46(36)58)34-12-4-8-16-48(34)60-50/h1-25H. The summed E-state index contributed by atoms with van der Waals surface area (Å²) in [6, 6.07) is 52.7. The summed E-state index contributed by atoms with van der Waals surface area (Å²) in [4.78, 5) is 0. The first kappa shape index (κ1) is 34.6. The molecule has 0 spiro atoms. The maximum absolute atomic E-state index is 15.1. The number of rotatable bonds is 3. The summed E-state index contributed by atoms with van der Waals surface area (Å²) in [5.74, 6) is 0. The summed E-state index contributed by atoms with van der Waals surface area (Å²) >= 11 is 3.43. The zero-order chi connectivity index (χ0) is 40.4. The molecule has 8 aromatic carbocycles. The Hall–Kier alpha value is -7.43. The van der Waals surface area contributed by atoms with E-state index in [1.165, 1.54) is 12.1 Å². The molecule has 4 heterocycles. The van der Waals surface area contributed by atoms with Gasteiger partial charge in [-0.05, 0) is 83.9 Å². The first-order chi connectivity index (χ1) is 29.3. The van der Waals surface area contributed by atoms with Crippen molar-refractivity contribution in [1.82, 2.24) is 9.13 Å². The van der Waals surface area contributed by atoms with Crippen molar-refractivity contribution in [3.63, 3.8) is 0 Å². The Morgan fingerprint density at radius 1 is 0.433 bits per heavy atom. The topological polar surface area (TPSA) is 57.4 Å². The van der Waals surface area contributed by atoms with E-state index in [9.17, 15) is 10.5 Å². The molecule has 12 aromatic rings. The van der Waals surface area contributed by atoms with E-state index < -0.39 is 11.7 Å². The first-order valence-corrected chi connectivity index (χ1v) is 20.8. The van der Waals surface area contributed by atoms with Crippen molar-refractivity contribution in [2.24, 2.45) is 0 Å². The molecule has 0 bridgehead atoms. The molecule has 282 valence electrons. The smallest absolute Gasteiger partial charge is 0.308 e. The highest BCUT2D eigenvalue weighted by Crippen LogP contribution is 2.46. The molecule has 0 saturated heterocycles. The van der Waals surface area contributed by atoms with E-state index in [0.29, 0.717) is 16.9 Å². The molecule has 0 N–H and O–H groups in total. The van der Waals surface area contributed by atoms with Crippen LogP contribution in [-0.2, 0) is 6.18 Å². The lowest BCUT2D eigenvalue weighted by molar-refractivity contribution is -0.137. The number of para-hydroxylation sites is 2. The van der Waals surface area contributed by atoms with E-state index in [1.807, 2.05) is 75.9 Å². The molecule has 0 radical (unpaired) electrons. The number of nitriles is 2. The second-order valence-corrected chi connectivity index (χ2v) is 17.2. The van der Waals surface area contributed by atoms with Crippen molar-refractivity contribution in [2.75, 3.05) is 0 Å². The van der Waals surface area contributed by atoms with Crippen LogP contribution in [0.25, 0.3) is 106 Å². The molecule has 4 aromatic heterocycles. The Balaban J connectivity index is 1.27. The Labute approximate surface area is 347 Å². The van der Waals surface area contributed by atoms with Crippen LogP contribution in [0.5, 0.6) is 0 Å². The van der Waals surface area contributed by atoms with Crippen LogP contribution in [0.15, 0.2) is 152 Å². The fraction of sp³-hybridized carbons (Fsp3) is 0.0196. The van der Waals surface area contributed by atoms with Gasteiger partial charge in [-0.3, -0.25) is 0 Å². The summed E-state index contributed by atoms with van der Waals surface area (Å²) in [7, 11) is 0. The van der Waals surface area contributed by atoms with Crippen LogP contribution in [-0.4, -0.2) is 9.13 Å². The highest BCUT2D eigenvalue weighted by Gasteiger charge is 2.35. The fourth-order valence-electron chi connectivity index (χ4n) is 9.23. The Kier molecular flexibility index (Phi) is 7.23. The molecular weight excluding hydrogens is 790 g/mol. The van der Waals surface area contributed by atoms with E-state index in [1.54, 1.807) is 34.8 Å². The quantitative estimate of drug-likeness (QED) is 0.178. The number of nitrogens with zero attached hydrogens (tertiary/aromatic N) is 4. The van der Waals surface area contributed by atoms with Gasteiger partial charge in [0.05, 0.1) is 50.6 Å². The van der Waals surface area contributed by atoms with E-state index in [-0.39, 0.29) is 16.7 Å². The zero-order valence-corrected chi connectivity index (χ0v) is 32.8. The third-order valence-corrected chi connectivity index (χ3v) is 14.1. The van der Waals surface area contributed by atoms with E-state index in [2.05, 4.69) is 66.7 Å². The summed E-state index contributed by atoms with van der Waals surface area (Å²) in [6.07, 6.45) is -4.77. The van der Waals surface area contributed by atoms with Gasteiger partial charge in [-0.15, -0.1) is 22.7 Å². The molecule has 60 heavy (non-hydrogen) atoms. The predicted octanol–water partition coefficient (Wildman–Crippen LogP) is 15.0. The van der Waals surface area contributed by atoms with Gasteiger partial charge in [0.15, 0.2) is 0 Å². The number of halogens is 3. The maximum Gasteiger partial charge on any atom is 0.417 e. The Morgan fingerprint density at radius 3 is 1.40 bits per heavy atom. The van der Waals surface area contributed by atoms with Crippen LogP contribution in [0, 0.1) is 22.7 Å². The fourth-order valence-corrected chi connectivity index (χ4v) is 11.5. The van der Waals surface area contributed by atoms with E-state index >= 15 is 13.2 Å². The summed E-state index contributed by atoms with van der Waals surface area (Å²) in [5.41, 5.74) is 3.64. The van der Waals surface area contributed by atoms with Gasteiger partial charge >= 0.3 is 6.18 Å². The third-order valence-electron chi connectivity index (χ3n) is 11.8. The van der Waals surface area contributed by atoms with Gasteiger partial charge in [0, 0.05) is 61.9 Å². The molecule has 4 nitrogen and oxygen atoms in total. The van der Waals surface area contributed by atoms with Gasteiger partial charge in [0.2, 0.25) is 0 Å². The van der Waals surface area contributed by atoms with Crippen LogP contribution in [0.1, 0.15) is 16.7 Å². The maximum atomic E-state index is 15.1. The van der Waals surface area contributed by atoms with Crippen molar-refractivity contribution in [1.29, 1.82) is 10.5 Å². The number of aromatic nitrogens is 2. The lowest BCUT2D eigenvalue weighted by Gasteiger charge is -2.20. The molecule has 9 heteroatoms. The molecule has 0 unspecified atom stereocenters. The van der Waals surface area contributed by atoms with Gasteiger partial charge < -0.3 is 9.13 Å². The summed E-state index contributed by atoms with van der Waals surface area (Å²) in [6.45, 7) is 0. The highest BCUT2D eigenvalue weighted by molar-refractivity contribution is 7.26. The molecule has 12 rings (SSSR count). The van der Waals surface area contributed by atoms with Crippen LogP contribution < -0.4 is 0 Å². The molecule has 0 amide bonds. The molecule has 0 fully saturated rings. The molecule has 0 aliphatic carbocycles. The second kappa shape index (κ2) is 12.5. The minimum Gasteiger partial charge on any atom is -0.308 e. The first-order valence-electron chi connectivity index (χ1n) is 19.2. The van der Waals surface area contributed by atoms with E-state index in [0.717, 1.165) is 90.0 Å². The average Bonchev–Trinajstić information content (AvgIpc) is 4.01. The van der Waals surface area contributed by atoms with Crippen LogP contribution in [0.3, 0.4) is 0 Å². The van der Waals surface area contributed by atoms with Gasteiger partial charge in [-0.25, -0.2) is 0 Å². The molecule has 0 atom stereocenters. The summed E-state index contributed by atoms with van der Waals surface area (Å²) < 4.78 is 53.9. The van der Waals surface area contributed by atoms with Crippen molar-refractivity contribution >= 4 is 107 Å². The van der Waals surface area contributed by atoms with Crippen LogP contribution in [0.2, 0.25) is 0 Å². The minimum absolute atomic E-state index is 0.0903. The number of hydrogen-bond donors (Lipinski definition) is 0. The van der Waals surface area contributed by atoms with Crippen LogP contribution in [0.4, 0.5) is 13.2 Å². The normalized spacial score (nSPS) is 12.2. The Bertz CT molecular complexity index is 3710. The lowest BCUT2D eigenvalue weighted by atomic mass is 9.94. The molecular formula is C51H25F3N4S2. The number of benzene rings is 8. The highest BCUT2D eigenvalue weighted by atomic mass is 32.1. The number of thiophene rings is 2. The Morgan fingerprint density at radius 2 is 0.917 bits per heavy atom. The summed E-state index contributed by atoms with van der Waals surface area (Å²) in [5, 5.41) is 29.4. The van der Waals surface area contributed by atoms with E-state index in [4.69, 9.17) is 0 Å². The van der Waals surface area contributed by atoms with Gasteiger partial charge in [0.25, 0.3) is 0 Å². The lowest BCUT2D eigenvalue weighted by Crippen LogP contribution is -2.09.